The Hall–Kier alpha value is -1.17. The van der Waals surface area contributed by atoms with Gasteiger partial charge >= 0.3 is 0 Å². The number of amides is 1. The molecular weight excluding hydrogens is 281 g/mol. The molecule has 6 heteroatoms. The van der Waals surface area contributed by atoms with Gasteiger partial charge in [-0.2, -0.15) is 0 Å². The number of rotatable bonds is 5. The lowest BCUT2D eigenvalue weighted by molar-refractivity contribution is -0.117. The van der Waals surface area contributed by atoms with Crippen molar-refractivity contribution in [2.45, 2.75) is 18.9 Å². The monoisotopic (exact) mass is 301 g/mol. The van der Waals surface area contributed by atoms with Crippen molar-refractivity contribution in [1.29, 1.82) is 0 Å². The zero-order valence-electron chi connectivity index (χ0n) is 11.6. The molecule has 1 unspecified atom stereocenters. The van der Waals surface area contributed by atoms with E-state index in [1.165, 1.54) is 12.1 Å². The summed E-state index contributed by atoms with van der Waals surface area (Å²) in [5, 5.41) is 5.94. The van der Waals surface area contributed by atoms with Crippen LogP contribution in [0.15, 0.2) is 24.3 Å². The molecule has 0 saturated carbocycles. The van der Waals surface area contributed by atoms with Crippen molar-refractivity contribution in [3.05, 3.63) is 30.1 Å². The van der Waals surface area contributed by atoms with Crippen molar-refractivity contribution in [3.8, 4) is 0 Å². The molecule has 1 atom stereocenters. The van der Waals surface area contributed by atoms with Gasteiger partial charge in [-0.3, -0.25) is 9.69 Å². The summed E-state index contributed by atoms with van der Waals surface area (Å²) in [4.78, 5) is 14.1. The number of halogens is 2. The molecule has 2 rings (SSSR count). The van der Waals surface area contributed by atoms with E-state index in [0.717, 1.165) is 25.9 Å². The van der Waals surface area contributed by atoms with Gasteiger partial charge in [-0.15, -0.1) is 12.4 Å². The molecule has 1 aliphatic heterocycles. The maximum Gasteiger partial charge on any atom is 0.238 e. The van der Waals surface area contributed by atoms with Gasteiger partial charge in [-0.25, -0.2) is 4.39 Å². The van der Waals surface area contributed by atoms with Crippen LogP contribution in [0.4, 0.5) is 10.1 Å². The van der Waals surface area contributed by atoms with Crippen molar-refractivity contribution in [1.82, 2.24) is 10.2 Å². The molecule has 1 fully saturated rings. The van der Waals surface area contributed by atoms with Crippen LogP contribution < -0.4 is 10.6 Å². The fourth-order valence-electron chi connectivity index (χ4n) is 2.49. The molecule has 0 aliphatic carbocycles. The summed E-state index contributed by atoms with van der Waals surface area (Å²) >= 11 is 0. The SMILES string of the molecule is CNCC1CCCN1CC(=O)Nc1ccc(F)cc1.Cl. The van der Waals surface area contributed by atoms with Crippen molar-refractivity contribution < 1.29 is 9.18 Å². The van der Waals surface area contributed by atoms with Crippen LogP contribution in [0.1, 0.15) is 12.8 Å². The van der Waals surface area contributed by atoms with Crippen LogP contribution in [-0.4, -0.2) is 43.5 Å². The van der Waals surface area contributed by atoms with Crippen LogP contribution >= 0.6 is 12.4 Å². The van der Waals surface area contributed by atoms with E-state index in [1.807, 2.05) is 7.05 Å². The van der Waals surface area contributed by atoms with E-state index in [0.29, 0.717) is 18.3 Å². The highest BCUT2D eigenvalue weighted by atomic mass is 35.5. The van der Waals surface area contributed by atoms with Crippen LogP contribution in [0, 0.1) is 5.82 Å². The average molecular weight is 302 g/mol. The number of carbonyl (C=O) groups is 1. The second kappa shape index (κ2) is 8.19. The molecule has 1 amide bonds. The lowest BCUT2D eigenvalue weighted by atomic mass is 10.2. The third-order valence-electron chi connectivity index (χ3n) is 3.41. The molecule has 1 saturated heterocycles. The highest BCUT2D eigenvalue weighted by molar-refractivity contribution is 5.92. The van der Waals surface area contributed by atoms with Crippen molar-refractivity contribution >= 4 is 24.0 Å². The Morgan fingerprint density at radius 1 is 1.40 bits per heavy atom. The highest BCUT2D eigenvalue weighted by Crippen LogP contribution is 2.16. The first-order valence-corrected chi connectivity index (χ1v) is 6.63. The van der Waals surface area contributed by atoms with E-state index >= 15 is 0 Å². The summed E-state index contributed by atoms with van der Waals surface area (Å²) in [6.45, 7) is 2.26. The summed E-state index contributed by atoms with van der Waals surface area (Å²) in [6.07, 6.45) is 2.26. The molecule has 1 aromatic carbocycles. The van der Waals surface area contributed by atoms with Crippen LogP contribution in [-0.2, 0) is 4.79 Å². The minimum Gasteiger partial charge on any atom is -0.325 e. The lowest BCUT2D eigenvalue weighted by Gasteiger charge is -2.23. The van der Waals surface area contributed by atoms with Crippen molar-refractivity contribution in [2.75, 3.05) is 32.0 Å². The van der Waals surface area contributed by atoms with E-state index in [1.54, 1.807) is 12.1 Å². The summed E-state index contributed by atoms with van der Waals surface area (Å²) in [5.41, 5.74) is 0.635. The third kappa shape index (κ3) is 4.74. The fourth-order valence-corrected chi connectivity index (χ4v) is 2.49. The van der Waals surface area contributed by atoms with E-state index < -0.39 is 0 Å². The Balaban J connectivity index is 0.00000200. The predicted molar refractivity (Wildman–Crippen MR) is 80.8 cm³/mol. The Bertz CT molecular complexity index is 427. The molecule has 20 heavy (non-hydrogen) atoms. The maximum atomic E-state index is 12.8. The minimum atomic E-state index is -0.299. The van der Waals surface area contributed by atoms with E-state index in [9.17, 15) is 9.18 Å². The lowest BCUT2D eigenvalue weighted by Crippen LogP contribution is -2.41. The summed E-state index contributed by atoms with van der Waals surface area (Å²) < 4.78 is 12.8. The number of nitrogens with one attached hydrogen (secondary N) is 2. The van der Waals surface area contributed by atoms with Gasteiger partial charge < -0.3 is 10.6 Å². The number of likely N-dealkylation sites (N-methyl/N-ethyl adjacent to an activating group) is 1. The largest absolute Gasteiger partial charge is 0.325 e. The summed E-state index contributed by atoms with van der Waals surface area (Å²) in [7, 11) is 1.93. The molecule has 112 valence electrons. The van der Waals surface area contributed by atoms with Gasteiger partial charge in [-0.1, -0.05) is 0 Å². The van der Waals surface area contributed by atoms with E-state index in [4.69, 9.17) is 0 Å². The fraction of sp³-hybridized carbons (Fsp3) is 0.500. The van der Waals surface area contributed by atoms with Gasteiger partial charge in [0.25, 0.3) is 0 Å². The molecule has 1 heterocycles. The number of likely N-dealkylation sites (tertiary alicyclic amines) is 1. The number of carbonyl (C=O) groups excluding carboxylic acids is 1. The number of hydrogen-bond acceptors (Lipinski definition) is 3. The molecule has 2 N–H and O–H groups in total. The van der Waals surface area contributed by atoms with Crippen LogP contribution in [0.25, 0.3) is 0 Å². The van der Waals surface area contributed by atoms with Gasteiger partial charge in [0, 0.05) is 18.3 Å². The summed E-state index contributed by atoms with van der Waals surface area (Å²) in [5.74, 6) is -0.346. The van der Waals surface area contributed by atoms with Crippen LogP contribution in [0.5, 0.6) is 0 Å². The number of nitrogens with zero attached hydrogens (tertiary/aromatic N) is 1. The van der Waals surface area contributed by atoms with Crippen LogP contribution in [0.3, 0.4) is 0 Å². The second-order valence-corrected chi connectivity index (χ2v) is 4.88. The smallest absolute Gasteiger partial charge is 0.238 e. The normalized spacial score (nSPS) is 18.6. The van der Waals surface area contributed by atoms with Crippen molar-refractivity contribution in [3.63, 3.8) is 0 Å². The molecule has 4 nitrogen and oxygen atoms in total. The topological polar surface area (TPSA) is 44.4 Å². The maximum absolute atomic E-state index is 12.8. The second-order valence-electron chi connectivity index (χ2n) is 4.88. The quantitative estimate of drug-likeness (QED) is 0.873. The van der Waals surface area contributed by atoms with Gasteiger partial charge in [-0.05, 0) is 50.7 Å². The molecule has 1 aromatic rings. The van der Waals surface area contributed by atoms with Gasteiger partial charge in [0.1, 0.15) is 5.82 Å². The Kier molecular flexibility index (Phi) is 6.91. The predicted octanol–water partition coefficient (Wildman–Crippen LogP) is 1.87. The minimum absolute atomic E-state index is 0. The first kappa shape index (κ1) is 16.9. The number of hydrogen-bond donors (Lipinski definition) is 2. The first-order valence-electron chi connectivity index (χ1n) is 6.63. The van der Waals surface area contributed by atoms with Gasteiger partial charge in [0.15, 0.2) is 0 Å². The van der Waals surface area contributed by atoms with Crippen LogP contribution in [0.2, 0.25) is 0 Å². The summed E-state index contributed by atoms with van der Waals surface area (Å²) in [6, 6.07) is 6.26. The Morgan fingerprint density at radius 2 is 2.10 bits per heavy atom. The van der Waals surface area contributed by atoms with E-state index in [2.05, 4.69) is 15.5 Å². The molecular formula is C14H21ClFN3O. The third-order valence-corrected chi connectivity index (χ3v) is 3.41. The number of benzene rings is 1. The Labute approximate surface area is 125 Å². The molecule has 1 aliphatic rings. The molecule has 0 bridgehead atoms. The average Bonchev–Trinajstić information content (AvgIpc) is 2.80. The molecule has 0 aromatic heterocycles. The van der Waals surface area contributed by atoms with Gasteiger partial charge in [0.2, 0.25) is 5.91 Å². The molecule has 0 spiro atoms. The first-order chi connectivity index (χ1) is 9.19. The van der Waals surface area contributed by atoms with E-state index in [-0.39, 0.29) is 24.1 Å². The standard InChI is InChI=1S/C14H20FN3O.ClH/c1-16-9-13-3-2-8-18(13)10-14(19)17-12-6-4-11(15)5-7-12;/h4-7,13,16H,2-3,8-10H2,1H3,(H,17,19);1H. The Morgan fingerprint density at radius 3 is 2.75 bits per heavy atom. The zero-order valence-corrected chi connectivity index (χ0v) is 12.4. The molecule has 0 radical (unpaired) electrons. The zero-order chi connectivity index (χ0) is 13.7. The van der Waals surface area contributed by atoms with Crippen molar-refractivity contribution in [2.24, 2.45) is 0 Å². The van der Waals surface area contributed by atoms with Gasteiger partial charge in [0.05, 0.1) is 6.54 Å². The number of anilines is 1. The highest BCUT2D eigenvalue weighted by Gasteiger charge is 2.25.